The van der Waals surface area contributed by atoms with Crippen LogP contribution < -0.4 is 0 Å². The van der Waals surface area contributed by atoms with E-state index in [9.17, 15) is 0 Å². The number of rotatable bonds is 6. The molecular formula is C15H24N2O2. The number of aromatic nitrogens is 1. The minimum absolute atomic E-state index is 0.0673. The standard InChI is InChI=1S/C15H24N2O2/c1-13(15-5-3-4-8-16-15)19-12-11-17-9-6-14(18-2)7-10-17/h3-5,8,13-14H,6-7,9-12H2,1-2H3. The Labute approximate surface area is 115 Å². The number of methoxy groups -OCH3 is 1. The molecule has 2 rings (SSSR count). The van der Waals surface area contributed by atoms with E-state index in [-0.39, 0.29) is 6.10 Å². The molecule has 1 aromatic heterocycles. The number of piperidine rings is 1. The van der Waals surface area contributed by atoms with Crippen molar-refractivity contribution in [2.45, 2.75) is 32.0 Å². The van der Waals surface area contributed by atoms with E-state index >= 15 is 0 Å². The Hall–Kier alpha value is -0.970. The van der Waals surface area contributed by atoms with Crippen LogP contribution in [0.2, 0.25) is 0 Å². The highest BCUT2D eigenvalue weighted by atomic mass is 16.5. The van der Waals surface area contributed by atoms with Gasteiger partial charge in [-0.15, -0.1) is 0 Å². The number of likely N-dealkylation sites (tertiary alicyclic amines) is 1. The van der Waals surface area contributed by atoms with E-state index in [1.807, 2.05) is 24.4 Å². The van der Waals surface area contributed by atoms with Crippen LogP contribution in [0.15, 0.2) is 24.4 Å². The Kier molecular flexibility index (Phi) is 5.76. The van der Waals surface area contributed by atoms with Crippen LogP contribution in [0.3, 0.4) is 0 Å². The third-order valence-corrected chi connectivity index (χ3v) is 3.75. The summed E-state index contributed by atoms with van der Waals surface area (Å²) in [5.41, 5.74) is 1.00. The Morgan fingerprint density at radius 3 is 2.79 bits per heavy atom. The van der Waals surface area contributed by atoms with Gasteiger partial charge in [0, 0.05) is 32.9 Å². The van der Waals surface area contributed by atoms with Crippen molar-refractivity contribution in [3.05, 3.63) is 30.1 Å². The van der Waals surface area contributed by atoms with Crippen molar-refractivity contribution >= 4 is 0 Å². The fourth-order valence-electron chi connectivity index (χ4n) is 2.43. The van der Waals surface area contributed by atoms with E-state index in [1.165, 1.54) is 0 Å². The molecule has 0 radical (unpaired) electrons. The molecule has 0 spiro atoms. The number of nitrogens with zero attached hydrogens (tertiary/aromatic N) is 2. The van der Waals surface area contributed by atoms with E-state index in [2.05, 4.69) is 16.8 Å². The zero-order chi connectivity index (χ0) is 13.5. The van der Waals surface area contributed by atoms with Gasteiger partial charge in [-0.25, -0.2) is 0 Å². The summed E-state index contributed by atoms with van der Waals surface area (Å²) in [7, 11) is 1.80. The van der Waals surface area contributed by atoms with Gasteiger partial charge in [-0.3, -0.25) is 4.98 Å². The maximum atomic E-state index is 5.85. The quantitative estimate of drug-likeness (QED) is 0.789. The molecule has 1 aliphatic rings. The molecule has 4 heteroatoms. The highest BCUT2D eigenvalue weighted by molar-refractivity contribution is 5.05. The monoisotopic (exact) mass is 264 g/mol. The lowest BCUT2D eigenvalue weighted by Crippen LogP contribution is -2.38. The topological polar surface area (TPSA) is 34.6 Å². The zero-order valence-electron chi connectivity index (χ0n) is 11.9. The molecule has 0 amide bonds. The molecule has 0 aliphatic carbocycles. The molecule has 1 atom stereocenters. The second-order valence-electron chi connectivity index (χ2n) is 5.04. The van der Waals surface area contributed by atoms with Crippen molar-refractivity contribution in [3.63, 3.8) is 0 Å². The summed E-state index contributed by atoms with van der Waals surface area (Å²) in [6.45, 7) is 6.03. The smallest absolute Gasteiger partial charge is 0.0967 e. The lowest BCUT2D eigenvalue weighted by molar-refractivity contribution is 0.0136. The van der Waals surface area contributed by atoms with Gasteiger partial charge in [0.15, 0.2) is 0 Å². The SMILES string of the molecule is COC1CCN(CCOC(C)c2ccccn2)CC1. The van der Waals surface area contributed by atoms with Gasteiger partial charge < -0.3 is 14.4 Å². The maximum Gasteiger partial charge on any atom is 0.0967 e. The first kappa shape index (κ1) is 14.4. The number of ether oxygens (including phenoxy) is 2. The first-order chi connectivity index (χ1) is 9.29. The Balaban J connectivity index is 1.64. The average molecular weight is 264 g/mol. The van der Waals surface area contributed by atoms with Gasteiger partial charge in [0.2, 0.25) is 0 Å². The molecule has 1 unspecified atom stereocenters. The second kappa shape index (κ2) is 7.58. The van der Waals surface area contributed by atoms with Crippen LogP contribution in [-0.4, -0.2) is 49.3 Å². The predicted octanol–water partition coefficient (Wildman–Crippen LogP) is 2.27. The van der Waals surface area contributed by atoms with Gasteiger partial charge >= 0.3 is 0 Å². The van der Waals surface area contributed by atoms with Crippen molar-refractivity contribution in [1.82, 2.24) is 9.88 Å². The lowest BCUT2D eigenvalue weighted by Gasteiger charge is -2.31. The van der Waals surface area contributed by atoms with Crippen molar-refractivity contribution in [2.75, 3.05) is 33.4 Å². The Bertz CT molecular complexity index is 350. The molecule has 19 heavy (non-hydrogen) atoms. The van der Waals surface area contributed by atoms with E-state index < -0.39 is 0 Å². The van der Waals surface area contributed by atoms with Crippen molar-refractivity contribution < 1.29 is 9.47 Å². The Morgan fingerprint density at radius 2 is 2.16 bits per heavy atom. The molecular weight excluding hydrogens is 240 g/mol. The first-order valence-electron chi connectivity index (χ1n) is 7.07. The molecule has 1 saturated heterocycles. The van der Waals surface area contributed by atoms with Crippen LogP contribution in [0, 0.1) is 0 Å². The second-order valence-corrected chi connectivity index (χ2v) is 5.04. The van der Waals surface area contributed by atoms with Gasteiger partial charge in [0.05, 0.1) is 24.5 Å². The molecule has 4 nitrogen and oxygen atoms in total. The van der Waals surface area contributed by atoms with E-state index in [0.29, 0.717) is 6.10 Å². The summed E-state index contributed by atoms with van der Waals surface area (Å²) in [6.07, 6.45) is 4.59. The third kappa shape index (κ3) is 4.56. The van der Waals surface area contributed by atoms with Crippen LogP contribution >= 0.6 is 0 Å². The zero-order valence-corrected chi connectivity index (χ0v) is 11.9. The first-order valence-corrected chi connectivity index (χ1v) is 7.07. The number of pyridine rings is 1. The van der Waals surface area contributed by atoms with Gasteiger partial charge in [-0.05, 0) is 31.9 Å². The predicted molar refractivity (Wildman–Crippen MR) is 75.1 cm³/mol. The number of hydrogen-bond donors (Lipinski definition) is 0. The summed E-state index contributed by atoms with van der Waals surface area (Å²) in [6, 6.07) is 5.93. The molecule has 1 aliphatic heterocycles. The summed E-state index contributed by atoms with van der Waals surface area (Å²) >= 11 is 0. The van der Waals surface area contributed by atoms with E-state index in [1.54, 1.807) is 7.11 Å². The molecule has 0 saturated carbocycles. The molecule has 0 aromatic carbocycles. The van der Waals surface area contributed by atoms with E-state index in [4.69, 9.17) is 9.47 Å². The van der Waals surface area contributed by atoms with Gasteiger partial charge in [-0.2, -0.15) is 0 Å². The van der Waals surface area contributed by atoms with Crippen molar-refractivity contribution in [1.29, 1.82) is 0 Å². The maximum absolute atomic E-state index is 5.85. The summed E-state index contributed by atoms with van der Waals surface area (Å²) < 4.78 is 11.2. The summed E-state index contributed by atoms with van der Waals surface area (Å²) in [4.78, 5) is 6.76. The minimum Gasteiger partial charge on any atom is -0.381 e. The summed E-state index contributed by atoms with van der Waals surface area (Å²) in [5.74, 6) is 0. The highest BCUT2D eigenvalue weighted by Crippen LogP contribution is 2.15. The molecule has 2 heterocycles. The van der Waals surface area contributed by atoms with Gasteiger partial charge in [0.1, 0.15) is 0 Å². The van der Waals surface area contributed by atoms with Crippen LogP contribution in [0.1, 0.15) is 31.6 Å². The van der Waals surface area contributed by atoms with Gasteiger partial charge in [-0.1, -0.05) is 6.07 Å². The fourth-order valence-corrected chi connectivity index (χ4v) is 2.43. The minimum atomic E-state index is 0.0673. The molecule has 1 fully saturated rings. The lowest BCUT2D eigenvalue weighted by atomic mass is 10.1. The molecule has 1 aromatic rings. The Morgan fingerprint density at radius 1 is 1.37 bits per heavy atom. The largest absolute Gasteiger partial charge is 0.381 e. The van der Waals surface area contributed by atoms with Crippen LogP contribution in [-0.2, 0) is 9.47 Å². The van der Waals surface area contributed by atoms with Crippen LogP contribution in [0.25, 0.3) is 0 Å². The number of hydrogen-bond acceptors (Lipinski definition) is 4. The summed E-state index contributed by atoms with van der Waals surface area (Å²) in [5, 5.41) is 0. The van der Waals surface area contributed by atoms with Crippen molar-refractivity contribution in [2.24, 2.45) is 0 Å². The average Bonchev–Trinajstić information content (AvgIpc) is 2.49. The van der Waals surface area contributed by atoms with Crippen molar-refractivity contribution in [3.8, 4) is 0 Å². The molecule has 106 valence electrons. The van der Waals surface area contributed by atoms with Crippen LogP contribution in [0.5, 0.6) is 0 Å². The highest BCUT2D eigenvalue weighted by Gasteiger charge is 2.18. The normalized spacial score (nSPS) is 19.5. The molecule has 0 bridgehead atoms. The fraction of sp³-hybridized carbons (Fsp3) is 0.667. The molecule has 0 N–H and O–H groups in total. The third-order valence-electron chi connectivity index (χ3n) is 3.75. The van der Waals surface area contributed by atoms with Gasteiger partial charge in [0.25, 0.3) is 0 Å². The van der Waals surface area contributed by atoms with E-state index in [0.717, 1.165) is 44.8 Å². The van der Waals surface area contributed by atoms with Crippen LogP contribution in [0.4, 0.5) is 0 Å².